The fraction of sp³-hybridized carbons (Fsp3) is 0.407. The van der Waals surface area contributed by atoms with Crippen LogP contribution in [-0.4, -0.2) is 55.8 Å². The molecule has 0 aliphatic heterocycles. The lowest BCUT2D eigenvalue weighted by Crippen LogP contribution is -2.45. The van der Waals surface area contributed by atoms with E-state index in [1.165, 1.54) is 0 Å². The first-order valence-electron chi connectivity index (χ1n) is 11.8. The minimum absolute atomic E-state index is 0.0686. The predicted molar refractivity (Wildman–Crippen MR) is 132 cm³/mol. The van der Waals surface area contributed by atoms with Crippen molar-refractivity contribution >= 4 is 23.9 Å². The van der Waals surface area contributed by atoms with Crippen molar-refractivity contribution < 1.29 is 33.4 Å². The van der Waals surface area contributed by atoms with Gasteiger partial charge in [0, 0.05) is 12.5 Å². The maximum absolute atomic E-state index is 12.6. The highest BCUT2D eigenvalue weighted by molar-refractivity contribution is 6.35. The zero-order valence-corrected chi connectivity index (χ0v) is 21.0. The van der Waals surface area contributed by atoms with Gasteiger partial charge in [0.2, 0.25) is 0 Å². The zero-order valence-electron chi connectivity index (χ0n) is 21.0. The van der Waals surface area contributed by atoms with Crippen molar-refractivity contribution in [1.29, 1.82) is 0 Å². The number of fused-ring (bicyclic) bond motifs is 3. The monoisotopic (exact) mass is 496 g/mol. The van der Waals surface area contributed by atoms with Crippen molar-refractivity contribution in [1.82, 2.24) is 10.6 Å². The number of ether oxygens (including phenoxy) is 3. The lowest BCUT2D eigenvalue weighted by Gasteiger charge is -2.20. The molecular weight excluding hydrogens is 464 g/mol. The first-order chi connectivity index (χ1) is 17.1. The predicted octanol–water partition coefficient (Wildman–Crippen LogP) is 3.94. The number of carbonyl (C=O) groups is 4. The summed E-state index contributed by atoms with van der Waals surface area (Å²) in [7, 11) is 1.09. The summed E-state index contributed by atoms with van der Waals surface area (Å²) in [4.78, 5) is 48.7. The summed E-state index contributed by atoms with van der Waals surface area (Å²) < 4.78 is 15.2. The lowest BCUT2D eigenvalue weighted by molar-refractivity contribution is -0.152. The number of esters is 1. The van der Waals surface area contributed by atoms with Crippen molar-refractivity contribution in [2.45, 2.75) is 51.2 Å². The van der Waals surface area contributed by atoms with E-state index in [0.29, 0.717) is 6.42 Å². The molecule has 192 valence electrons. The van der Waals surface area contributed by atoms with Crippen molar-refractivity contribution in [2.24, 2.45) is 0 Å². The van der Waals surface area contributed by atoms with Gasteiger partial charge in [-0.25, -0.2) is 14.4 Å². The number of amides is 2. The van der Waals surface area contributed by atoms with E-state index in [2.05, 4.69) is 15.4 Å². The van der Waals surface area contributed by atoms with Crippen LogP contribution in [0, 0.1) is 0 Å². The van der Waals surface area contributed by atoms with Crippen LogP contribution in [0.5, 0.6) is 0 Å². The summed E-state index contributed by atoms with van der Waals surface area (Å²) in [6.07, 6.45) is -1.02. The van der Waals surface area contributed by atoms with E-state index in [1.807, 2.05) is 48.5 Å². The molecule has 0 radical (unpaired) electrons. The Hall–Kier alpha value is -3.88. The van der Waals surface area contributed by atoms with Gasteiger partial charge in [-0.2, -0.15) is 0 Å². The van der Waals surface area contributed by atoms with Gasteiger partial charge < -0.3 is 24.8 Å². The number of Topliss-reactive ketones (excluding diaryl/α,β-unsaturated/α-hetero) is 1. The quantitative estimate of drug-likeness (QED) is 0.233. The van der Waals surface area contributed by atoms with Crippen LogP contribution in [0.1, 0.15) is 50.7 Å². The molecule has 2 aromatic rings. The molecule has 2 aromatic carbocycles. The van der Waals surface area contributed by atoms with Crippen LogP contribution in [0.25, 0.3) is 11.1 Å². The summed E-state index contributed by atoms with van der Waals surface area (Å²) in [5.74, 6) is -2.11. The van der Waals surface area contributed by atoms with Gasteiger partial charge in [0.25, 0.3) is 5.78 Å². The second-order valence-electron chi connectivity index (χ2n) is 9.45. The van der Waals surface area contributed by atoms with Gasteiger partial charge >= 0.3 is 18.2 Å². The molecule has 2 amide bonds. The molecule has 0 saturated heterocycles. The van der Waals surface area contributed by atoms with Crippen molar-refractivity contribution in [3.05, 3.63) is 59.7 Å². The number of nitrogens with one attached hydrogen (secondary N) is 2. The normalized spacial score (nSPS) is 13.1. The maximum Gasteiger partial charge on any atom is 0.407 e. The molecule has 0 bridgehead atoms. The molecule has 36 heavy (non-hydrogen) atoms. The Morgan fingerprint density at radius 2 is 1.50 bits per heavy atom. The van der Waals surface area contributed by atoms with E-state index >= 15 is 0 Å². The van der Waals surface area contributed by atoms with Gasteiger partial charge in [0.05, 0.1) is 7.11 Å². The fourth-order valence-electron chi connectivity index (χ4n) is 4.10. The second-order valence-corrected chi connectivity index (χ2v) is 9.45. The van der Waals surface area contributed by atoms with Crippen molar-refractivity contribution in [3.8, 4) is 11.1 Å². The van der Waals surface area contributed by atoms with E-state index < -0.39 is 35.6 Å². The Balaban J connectivity index is 1.58. The second kappa shape index (κ2) is 11.7. The summed E-state index contributed by atoms with van der Waals surface area (Å²) in [5, 5.41) is 5.05. The van der Waals surface area contributed by atoms with Crippen LogP contribution in [-0.2, 0) is 23.8 Å². The van der Waals surface area contributed by atoms with Crippen LogP contribution < -0.4 is 10.6 Å². The van der Waals surface area contributed by atoms with Crippen molar-refractivity contribution in [2.75, 3.05) is 20.3 Å². The number of alkyl carbamates (subject to hydrolysis) is 2. The van der Waals surface area contributed by atoms with E-state index in [1.54, 1.807) is 20.8 Å². The molecule has 2 N–H and O–H groups in total. The third-order valence-corrected chi connectivity index (χ3v) is 5.68. The molecule has 1 aliphatic rings. The van der Waals surface area contributed by atoms with E-state index in [9.17, 15) is 19.2 Å². The van der Waals surface area contributed by atoms with Crippen LogP contribution in [0.2, 0.25) is 0 Å². The van der Waals surface area contributed by atoms with Gasteiger partial charge in [-0.15, -0.1) is 0 Å². The summed E-state index contributed by atoms with van der Waals surface area (Å²) >= 11 is 0. The molecule has 0 aromatic heterocycles. The fourth-order valence-corrected chi connectivity index (χ4v) is 4.10. The third-order valence-electron chi connectivity index (χ3n) is 5.68. The standard InChI is InChI=1S/C27H32N2O7/c1-27(2,3)36-25(32)28-15-9-14-22(23(30)24(31)34-4)29-26(33)35-16-21-19-12-7-5-10-17(19)18-11-6-8-13-20(18)21/h5-8,10-13,21-22H,9,14-16H2,1-4H3,(H,28,32)(H,29,33)/t22-/m0/s1. The van der Waals surface area contributed by atoms with E-state index in [-0.39, 0.29) is 25.5 Å². The van der Waals surface area contributed by atoms with Gasteiger partial charge in [-0.05, 0) is 55.9 Å². The molecule has 0 unspecified atom stereocenters. The van der Waals surface area contributed by atoms with Crippen LogP contribution >= 0.6 is 0 Å². The van der Waals surface area contributed by atoms with Crippen LogP contribution in [0.15, 0.2) is 48.5 Å². The van der Waals surface area contributed by atoms with E-state index in [4.69, 9.17) is 9.47 Å². The summed E-state index contributed by atoms with van der Waals surface area (Å²) in [6, 6.07) is 14.7. The maximum atomic E-state index is 12.6. The Morgan fingerprint density at radius 1 is 0.917 bits per heavy atom. The topological polar surface area (TPSA) is 120 Å². The third kappa shape index (κ3) is 6.84. The number of hydrogen-bond donors (Lipinski definition) is 2. The SMILES string of the molecule is COC(=O)C(=O)[C@H](CCCNC(=O)OC(C)(C)C)NC(=O)OCC1c2ccccc2-c2ccccc21. The molecule has 1 aliphatic carbocycles. The molecule has 1 atom stereocenters. The smallest absolute Gasteiger partial charge is 0.407 e. The molecule has 9 nitrogen and oxygen atoms in total. The molecule has 0 fully saturated rings. The average Bonchev–Trinajstić information content (AvgIpc) is 3.16. The number of carbonyl (C=O) groups excluding carboxylic acids is 4. The summed E-state index contributed by atoms with van der Waals surface area (Å²) in [6.45, 7) is 5.49. The minimum Gasteiger partial charge on any atom is -0.463 e. The first-order valence-corrected chi connectivity index (χ1v) is 11.8. The Kier molecular flexibility index (Phi) is 8.68. The number of rotatable bonds is 9. The number of ketones is 1. The number of methoxy groups -OCH3 is 1. The van der Waals surface area contributed by atoms with Crippen molar-refractivity contribution in [3.63, 3.8) is 0 Å². The summed E-state index contributed by atoms with van der Waals surface area (Å²) in [5.41, 5.74) is 3.67. The van der Waals surface area contributed by atoms with Gasteiger partial charge in [0.1, 0.15) is 18.2 Å². The van der Waals surface area contributed by atoms with Crippen LogP contribution in [0.4, 0.5) is 9.59 Å². The Morgan fingerprint density at radius 3 is 2.06 bits per heavy atom. The van der Waals surface area contributed by atoms with Gasteiger partial charge in [-0.3, -0.25) is 4.79 Å². The average molecular weight is 497 g/mol. The lowest BCUT2D eigenvalue weighted by atomic mass is 9.98. The minimum atomic E-state index is -1.16. The Bertz CT molecular complexity index is 1080. The molecule has 3 rings (SSSR count). The number of benzene rings is 2. The first kappa shape index (κ1) is 26.7. The number of hydrogen-bond acceptors (Lipinski definition) is 7. The molecular formula is C27H32N2O7. The van der Waals surface area contributed by atoms with E-state index in [0.717, 1.165) is 29.4 Å². The highest BCUT2D eigenvalue weighted by atomic mass is 16.6. The largest absolute Gasteiger partial charge is 0.463 e. The van der Waals surface area contributed by atoms with Gasteiger partial charge in [0.15, 0.2) is 0 Å². The molecule has 9 heteroatoms. The molecule has 0 spiro atoms. The highest BCUT2D eigenvalue weighted by Gasteiger charge is 2.31. The van der Waals surface area contributed by atoms with Gasteiger partial charge in [-0.1, -0.05) is 48.5 Å². The van der Waals surface area contributed by atoms with Crippen LogP contribution in [0.3, 0.4) is 0 Å². The molecule has 0 saturated carbocycles. The zero-order chi connectivity index (χ0) is 26.3. The molecule has 0 heterocycles. The Labute approximate surface area is 210 Å². The highest BCUT2D eigenvalue weighted by Crippen LogP contribution is 2.44.